The van der Waals surface area contributed by atoms with Gasteiger partial charge in [0.1, 0.15) is 11.5 Å². The van der Waals surface area contributed by atoms with Crippen LogP contribution in [0.3, 0.4) is 0 Å². The number of carbonyl (C=O) groups is 1. The lowest BCUT2D eigenvalue weighted by Crippen LogP contribution is -2.41. The van der Waals surface area contributed by atoms with Crippen LogP contribution in [0, 0.1) is 24.2 Å². The highest BCUT2D eigenvalue weighted by Crippen LogP contribution is 2.41. The van der Waals surface area contributed by atoms with Crippen molar-refractivity contribution >= 4 is 6.03 Å². The van der Waals surface area contributed by atoms with E-state index in [1.165, 1.54) is 0 Å². The molecule has 2 amide bonds. The van der Waals surface area contributed by atoms with Crippen LogP contribution in [0.5, 0.6) is 0 Å². The van der Waals surface area contributed by atoms with Crippen LogP contribution in [0.1, 0.15) is 49.0 Å². The summed E-state index contributed by atoms with van der Waals surface area (Å²) in [5.41, 5.74) is 2.14. The summed E-state index contributed by atoms with van der Waals surface area (Å²) in [6.45, 7) is 6.66. The summed E-state index contributed by atoms with van der Waals surface area (Å²) in [6.07, 6.45) is 1.79. The Kier molecular flexibility index (Phi) is 4.85. The Morgan fingerprint density at radius 3 is 2.84 bits per heavy atom. The Labute approximate surface area is 149 Å². The Morgan fingerprint density at radius 2 is 2.08 bits per heavy atom. The van der Waals surface area contributed by atoms with Gasteiger partial charge in [-0.15, -0.1) is 0 Å². The minimum Gasteiger partial charge on any atom is -0.466 e. The molecule has 130 valence electrons. The fourth-order valence-corrected chi connectivity index (χ4v) is 3.31. The Morgan fingerprint density at radius 1 is 1.32 bits per heavy atom. The van der Waals surface area contributed by atoms with E-state index in [1.54, 1.807) is 0 Å². The molecule has 4 heteroatoms. The molecule has 1 aromatic carbocycles. The van der Waals surface area contributed by atoms with Gasteiger partial charge in [0.05, 0.1) is 12.6 Å². The van der Waals surface area contributed by atoms with Crippen LogP contribution in [0.2, 0.25) is 0 Å². The molecule has 1 heterocycles. The van der Waals surface area contributed by atoms with E-state index in [1.807, 2.05) is 43.3 Å². The molecule has 1 atom stereocenters. The number of amides is 2. The van der Waals surface area contributed by atoms with Gasteiger partial charge in [0.25, 0.3) is 0 Å². The van der Waals surface area contributed by atoms with Crippen molar-refractivity contribution in [2.24, 2.45) is 5.41 Å². The Balaban J connectivity index is 1.58. The van der Waals surface area contributed by atoms with E-state index in [0.717, 1.165) is 35.5 Å². The maximum absolute atomic E-state index is 12.2. The smallest absolute Gasteiger partial charge is 0.316 e. The van der Waals surface area contributed by atoms with Crippen LogP contribution in [0.25, 0.3) is 0 Å². The largest absolute Gasteiger partial charge is 0.466 e. The van der Waals surface area contributed by atoms with E-state index in [2.05, 4.69) is 36.3 Å². The molecule has 0 fully saturated rings. The number of carbonyl (C=O) groups excluding carboxylic acids is 1. The maximum atomic E-state index is 12.2. The number of urea groups is 1. The van der Waals surface area contributed by atoms with Crippen LogP contribution in [-0.4, -0.2) is 12.6 Å². The molecule has 0 unspecified atom stereocenters. The van der Waals surface area contributed by atoms with Crippen LogP contribution in [-0.2, 0) is 6.42 Å². The fourth-order valence-electron chi connectivity index (χ4n) is 3.31. The molecule has 3 rings (SSSR count). The second-order valence-corrected chi connectivity index (χ2v) is 7.33. The van der Waals surface area contributed by atoms with Gasteiger partial charge < -0.3 is 15.1 Å². The second kappa shape index (κ2) is 7.06. The average molecular weight is 336 g/mol. The lowest BCUT2D eigenvalue weighted by atomic mass is 9.75. The van der Waals surface area contributed by atoms with Crippen molar-refractivity contribution in [2.45, 2.75) is 39.7 Å². The summed E-state index contributed by atoms with van der Waals surface area (Å²) in [4.78, 5) is 12.2. The molecule has 0 saturated heterocycles. The normalized spacial score (nSPS) is 17.8. The molecule has 0 spiro atoms. The van der Waals surface area contributed by atoms with Gasteiger partial charge in [0.15, 0.2) is 0 Å². The zero-order chi connectivity index (χ0) is 17.9. The molecule has 1 aromatic heterocycles. The van der Waals surface area contributed by atoms with Gasteiger partial charge in [-0.2, -0.15) is 0 Å². The third kappa shape index (κ3) is 4.45. The highest BCUT2D eigenvalue weighted by Gasteiger charge is 2.35. The molecule has 0 saturated carbocycles. The van der Waals surface area contributed by atoms with Gasteiger partial charge in [-0.1, -0.05) is 43.9 Å². The molecule has 1 aliphatic rings. The van der Waals surface area contributed by atoms with Crippen LogP contribution >= 0.6 is 0 Å². The summed E-state index contributed by atoms with van der Waals surface area (Å²) >= 11 is 0. The van der Waals surface area contributed by atoms with Gasteiger partial charge in [-0.3, -0.25) is 0 Å². The number of hydrogen-bond acceptors (Lipinski definition) is 2. The summed E-state index contributed by atoms with van der Waals surface area (Å²) in [5, 5.41) is 5.88. The number of benzene rings is 1. The molecular weight excluding hydrogens is 312 g/mol. The first-order valence-corrected chi connectivity index (χ1v) is 8.60. The molecule has 0 radical (unpaired) electrons. The van der Waals surface area contributed by atoms with Crippen molar-refractivity contribution < 1.29 is 9.21 Å². The minimum absolute atomic E-state index is 0.0294. The van der Waals surface area contributed by atoms with Crippen LogP contribution in [0.4, 0.5) is 4.79 Å². The first-order chi connectivity index (χ1) is 11.9. The average Bonchev–Trinajstić information content (AvgIpc) is 2.91. The fraction of sp³-hybridized carbons (Fsp3) is 0.381. The standard InChI is InChI=1S/C21H24N2O2/c1-15-12-17-18(13-21(2,3)14-19(17)25-15)23-20(24)22-11-7-10-16-8-5-4-6-9-16/h4-6,8-9,12,18H,11,13-14H2,1-3H3,(H2,22,23,24)/t18-/m1/s1. The molecule has 4 nitrogen and oxygen atoms in total. The van der Waals surface area contributed by atoms with E-state index < -0.39 is 0 Å². The quantitative estimate of drug-likeness (QED) is 0.816. The monoisotopic (exact) mass is 336 g/mol. The van der Waals surface area contributed by atoms with E-state index in [9.17, 15) is 4.79 Å². The van der Waals surface area contributed by atoms with Crippen molar-refractivity contribution in [1.82, 2.24) is 10.6 Å². The van der Waals surface area contributed by atoms with E-state index in [4.69, 9.17) is 4.42 Å². The highest BCUT2D eigenvalue weighted by atomic mass is 16.3. The predicted octanol–water partition coefficient (Wildman–Crippen LogP) is 3.95. The summed E-state index contributed by atoms with van der Waals surface area (Å²) in [7, 11) is 0. The van der Waals surface area contributed by atoms with Crippen molar-refractivity contribution in [3.63, 3.8) is 0 Å². The van der Waals surface area contributed by atoms with Gasteiger partial charge in [-0.25, -0.2) is 4.79 Å². The van der Waals surface area contributed by atoms with Crippen LogP contribution in [0.15, 0.2) is 40.8 Å². The zero-order valence-electron chi connectivity index (χ0n) is 15.0. The molecule has 1 aliphatic carbocycles. The van der Waals surface area contributed by atoms with Crippen molar-refractivity contribution in [3.05, 3.63) is 59.0 Å². The number of furan rings is 1. The number of aryl methyl sites for hydroxylation is 1. The molecule has 2 aromatic rings. The first kappa shape index (κ1) is 17.2. The summed E-state index contributed by atoms with van der Waals surface area (Å²) in [6, 6.07) is 11.5. The number of rotatable bonds is 2. The lowest BCUT2D eigenvalue weighted by molar-refractivity contribution is 0.215. The maximum Gasteiger partial charge on any atom is 0.316 e. The Hall–Kier alpha value is -2.67. The molecule has 2 N–H and O–H groups in total. The molecule has 0 bridgehead atoms. The first-order valence-electron chi connectivity index (χ1n) is 8.60. The zero-order valence-corrected chi connectivity index (χ0v) is 15.0. The lowest BCUT2D eigenvalue weighted by Gasteiger charge is -2.34. The molecule has 25 heavy (non-hydrogen) atoms. The third-order valence-corrected chi connectivity index (χ3v) is 4.39. The Bertz CT molecular complexity index is 809. The van der Waals surface area contributed by atoms with E-state index >= 15 is 0 Å². The number of hydrogen-bond donors (Lipinski definition) is 2. The van der Waals surface area contributed by atoms with Crippen molar-refractivity contribution in [2.75, 3.05) is 6.54 Å². The summed E-state index contributed by atoms with van der Waals surface area (Å²) < 4.78 is 5.81. The van der Waals surface area contributed by atoms with E-state index in [-0.39, 0.29) is 17.5 Å². The van der Waals surface area contributed by atoms with Gasteiger partial charge in [0, 0.05) is 17.5 Å². The predicted molar refractivity (Wildman–Crippen MR) is 98.1 cm³/mol. The van der Waals surface area contributed by atoms with E-state index in [0.29, 0.717) is 6.54 Å². The third-order valence-electron chi connectivity index (χ3n) is 4.39. The second-order valence-electron chi connectivity index (χ2n) is 7.33. The number of fused-ring (bicyclic) bond motifs is 1. The molecule has 0 aliphatic heterocycles. The summed E-state index contributed by atoms with van der Waals surface area (Å²) in [5.74, 6) is 7.88. The van der Waals surface area contributed by atoms with Crippen molar-refractivity contribution in [1.29, 1.82) is 0 Å². The minimum atomic E-state index is -0.199. The SMILES string of the molecule is Cc1cc2c(o1)CC(C)(C)C[C@H]2NC(=O)NCC#Cc1ccccc1. The van der Waals surface area contributed by atoms with Gasteiger partial charge >= 0.3 is 6.03 Å². The van der Waals surface area contributed by atoms with Crippen molar-refractivity contribution in [3.8, 4) is 11.8 Å². The topological polar surface area (TPSA) is 54.3 Å². The highest BCUT2D eigenvalue weighted by molar-refractivity contribution is 5.74. The molecular formula is C21H24N2O2. The van der Waals surface area contributed by atoms with Crippen LogP contribution < -0.4 is 10.6 Å². The number of nitrogens with one attached hydrogen (secondary N) is 2. The van der Waals surface area contributed by atoms with Gasteiger partial charge in [0.2, 0.25) is 0 Å². The van der Waals surface area contributed by atoms with Gasteiger partial charge in [-0.05, 0) is 37.0 Å².